The van der Waals surface area contributed by atoms with Crippen LogP contribution in [-0.4, -0.2) is 16.7 Å². The molecule has 0 N–H and O–H groups in total. The molecule has 0 aliphatic carbocycles. The van der Waals surface area contributed by atoms with Gasteiger partial charge in [0.2, 0.25) is 0 Å². The number of aromatic nitrogens is 2. The average Bonchev–Trinajstić information content (AvgIpc) is 2.64. The largest absolute Gasteiger partial charge is 0.497 e. The topological polar surface area (TPSA) is 44.1 Å². The summed E-state index contributed by atoms with van der Waals surface area (Å²) in [7, 11) is 1.61. The quantitative estimate of drug-likeness (QED) is 0.680. The lowest BCUT2D eigenvalue weighted by atomic mass is 10.2. The van der Waals surface area contributed by atoms with Crippen molar-refractivity contribution in [3.05, 3.63) is 93.1 Å². The minimum atomic E-state index is -0.274. The van der Waals surface area contributed by atoms with Gasteiger partial charge in [0.1, 0.15) is 10.9 Å². The standard InChI is InChI=1S/C20H15ClN2O2/c1-25-17-10-7-16(8-11-17)13-23-14-19(21)22-18(20(23)24)12-9-15-5-3-2-4-6-15/h2-8,10-11,14H,13H2,1H3. The van der Waals surface area contributed by atoms with E-state index in [2.05, 4.69) is 16.8 Å². The monoisotopic (exact) mass is 350 g/mol. The van der Waals surface area contributed by atoms with Crippen LogP contribution in [0.15, 0.2) is 65.6 Å². The van der Waals surface area contributed by atoms with E-state index in [1.165, 1.54) is 10.8 Å². The summed E-state index contributed by atoms with van der Waals surface area (Å²) >= 11 is 6.06. The molecule has 0 fully saturated rings. The Hall–Kier alpha value is -3.03. The van der Waals surface area contributed by atoms with Gasteiger partial charge in [-0.1, -0.05) is 47.9 Å². The van der Waals surface area contributed by atoms with Gasteiger partial charge in [-0.25, -0.2) is 4.98 Å². The van der Waals surface area contributed by atoms with E-state index in [0.717, 1.165) is 16.9 Å². The summed E-state index contributed by atoms with van der Waals surface area (Å²) in [6.07, 6.45) is 1.52. The van der Waals surface area contributed by atoms with Crippen LogP contribution in [0.1, 0.15) is 16.8 Å². The van der Waals surface area contributed by atoms with Crippen molar-refractivity contribution in [2.24, 2.45) is 0 Å². The lowest BCUT2D eigenvalue weighted by Crippen LogP contribution is -2.24. The predicted octanol–water partition coefficient (Wildman–Crippen LogP) is 3.35. The molecule has 0 amide bonds. The third-order valence-electron chi connectivity index (χ3n) is 3.56. The summed E-state index contributed by atoms with van der Waals surface area (Å²) < 4.78 is 6.64. The third kappa shape index (κ3) is 4.28. The Kier molecular flexibility index (Phi) is 5.17. The zero-order valence-electron chi connectivity index (χ0n) is 13.6. The molecule has 2 aromatic carbocycles. The van der Waals surface area contributed by atoms with Crippen LogP contribution >= 0.6 is 11.6 Å². The Morgan fingerprint density at radius 3 is 2.48 bits per heavy atom. The van der Waals surface area contributed by atoms with Gasteiger partial charge < -0.3 is 9.30 Å². The van der Waals surface area contributed by atoms with Crippen LogP contribution in [0.3, 0.4) is 0 Å². The van der Waals surface area contributed by atoms with E-state index < -0.39 is 0 Å². The molecule has 4 nitrogen and oxygen atoms in total. The molecule has 3 aromatic rings. The molecule has 124 valence electrons. The zero-order valence-corrected chi connectivity index (χ0v) is 14.3. The normalized spacial score (nSPS) is 10.0. The number of rotatable bonds is 3. The van der Waals surface area contributed by atoms with Gasteiger partial charge in [-0.3, -0.25) is 4.79 Å². The molecule has 1 heterocycles. The maximum atomic E-state index is 12.6. The first kappa shape index (κ1) is 16.8. The van der Waals surface area contributed by atoms with Crippen molar-refractivity contribution in [2.75, 3.05) is 7.11 Å². The van der Waals surface area contributed by atoms with Gasteiger partial charge in [0.05, 0.1) is 13.7 Å². The van der Waals surface area contributed by atoms with E-state index in [1.807, 2.05) is 54.6 Å². The maximum Gasteiger partial charge on any atom is 0.285 e. The number of benzene rings is 2. The number of hydrogen-bond donors (Lipinski definition) is 0. The SMILES string of the molecule is COc1ccc(Cn2cc(Cl)nc(C#Cc3ccccc3)c2=O)cc1. The fraction of sp³-hybridized carbons (Fsp3) is 0.100. The Bertz CT molecular complexity index is 984. The summed E-state index contributed by atoms with van der Waals surface area (Å²) in [5.74, 6) is 6.51. The Balaban J connectivity index is 1.92. The molecule has 1 aromatic heterocycles. The van der Waals surface area contributed by atoms with Gasteiger partial charge in [0.25, 0.3) is 5.56 Å². The second-order valence-corrected chi connectivity index (χ2v) is 5.70. The van der Waals surface area contributed by atoms with E-state index in [1.54, 1.807) is 7.11 Å². The lowest BCUT2D eigenvalue weighted by molar-refractivity contribution is 0.414. The number of hydrogen-bond acceptors (Lipinski definition) is 3. The molecule has 0 bridgehead atoms. The van der Waals surface area contributed by atoms with Crippen molar-refractivity contribution in [3.8, 4) is 17.6 Å². The van der Waals surface area contributed by atoms with Crippen LogP contribution in [0.25, 0.3) is 0 Å². The van der Waals surface area contributed by atoms with Crippen LogP contribution in [-0.2, 0) is 6.54 Å². The highest BCUT2D eigenvalue weighted by Crippen LogP contribution is 2.12. The fourth-order valence-corrected chi connectivity index (χ4v) is 2.49. The van der Waals surface area contributed by atoms with E-state index in [9.17, 15) is 4.79 Å². The molecule has 0 unspecified atom stereocenters. The number of nitrogens with zero attached hydrogens (tertiary/aromatic N) is 2. The van der Waals surface area contributed by atoms with Gasteiger partial charge in [-0.2, -0.15) is 0 Å². The van der Waals surface area contributed by atoms with Crippen LogP contribution in [0, 0.1) is 11.8 Å². The van der Waals surface area contributed by atoms with E-state index in [4.69, 9.17) is 16.3 Å². The molecule has 0 spiro atoms. The average molecular weight is 351 g/mol. The highest BCUT2D eigenvalue weighted by atomic mass is 35.5. The maximum absolute atomic E-state index is 12.6. The molecule has 0 aliphatic heterocycles. The van der Waals surface area contributed by atoms with Crippen molar-refractivity contribution in [1.29, 1.82) is 0 Å². The minimum absolute atomic E-state index is 0.130. The van der Waals surface area contributed by atoms with E-state index in [-0.39, 0.29) is 16.4 Å². The molecule has 0 saturated heterocycles. The van der Waals surface area contributed by atoms with Crippen LogP contribution in [0.4, 0.5) is 0 Å². The lowest BCUT2D eigenvalue weighted by Gasteiger charge is -2.07. The van der Waals surface area contributed by atoms with Crippen molar-refractivity contribution < 1.29 is 4.74 Å². The zero-order chi connectivity index (χ0) is 17.6. The first-order valence-electron chi connectivity index (χ1n) is 7.63. The van der Waals surface area contributed by atoms with Gasteiger partial charge in [0.15, 0.2) is 5.69 Å². The highest BCUT2D eigenvalue weighted by Gasteiger charge is 2.07. The Morgan fingerprint density at radius 2 is 1.80 bits per heavy atom. The number of halogens is 1. The summed E-state index contributed by atoms with van der Waals surface area (Å²) in [4.78, 5) is 16.6. The summed E-state index contributed by atoms with van der Waals surface area (Å²) in [6, 6.07) is 16.9. The van der Waals surface area contributed by atoms with Crippen molar-refractivity contribution in [3.63, 3.8) is 0 Å². The molecule has 25 heavy (non-hydrogen) atoms. The van der Waals surface area contributed by atoms with Gasteiger partial charge in [0, 0.05) is 11.8 Å². The molecule has 0 aliphatic rings. The van der Waals surface area contributed by atoms with Gasteiger partial charge >= 0.3 is 0 Å². The summed E-state index contributed by atoms with van der Waals surface area (Å²) in [5.41, 5.74) is 1.62. The minimum Gasteiger partial charge on any atom is -0.497 e. The summed E-state index contributed by atoms with van der Waals surface area (Å²) in [6.45, 7) is 0.380. The molecule has 5 heteroatoms. The summed E-state index contributed by atoms with van der Waals surface area (Å²) in [5, 5.41) is 0.227. The molecule has 0 radical (unpaired) electrons. The second kappa shape index (κ2) is 7.69. The highest BCUT2D eigenvalue weighted by molar-refractivity contribution is 6.29. The molecule has 3 rings (SSSR count). The predicted molar refractivity (Wildman–Crippen MR) is 98.0 cm³/mol. The van der Waals surface area contributed by atoms with Crippen molar-refractivity contribution >= 4 is 11.6 Å². The van der Waals surface area contributed by atoms with Crippen LogP contribution in [0.2, 0.25) is 5.15 Å². The van der Waals surface area contributed by atoms with Gasteiger partial charge in [-0.15, -0.1) is 0 Å². The second-order valence-electron chi connectivity index (χ2n) is 5.31. The van der Waals surface area contributed by atoms with E-state index in [0.29, 0.717) is 6.54 Å². The van der Waals surface area contributed by atoms with Crippen LogP contribution < -0.4 is 10.3 Å². The van der Waals surface area contributed by atoms with E-state index >= 15 is 0 Å². The molecular weight excluding hydrogens is 336 g/mol. The smallest absolute Gasteiger partial charge is 0.285 e. The van der Waals surface area contributed by atoms with Crippen LogP contribution in [0.5, 0.6) is 5.75 Å². The fourth-order valence-electron chi connectivity index (χ4n) is 2.29. The molecule has 0 atom stereocenters. The first-order chi connectivity index (χ1) is 12.2. The van der Waals surface area contributed by atoms with Gasteiger partial charge in [-0.05, 0) is 35.7 Å². The third-order valence-corrected chi connectivity index (χ3v) is 3.74. The molecular formula is C20H15ClN2O2. The first-order valence-corrected chi connectivity index (χ1v) is 8.00. The number of methoxy groups -OCH3 is 1. The Labute approximate surface area is 150 Å². The molecule has 0 saturated carbocycles. The number of ether oxygens (including phenoxy) is 1. The Morgan fingerprint density at radius 1 is 1.08 bits per heavy atom. The van der Waals surface area contributed by atoms with Crippen molar-refractivity contribution in [1.82, 2.24) is 9.55 Å². The van der Waals surface area contributed by atoms with Crippen molar-refractivity contribution in [2.45, 2.75) is 6.54 Å².